The first-order valence-electron chi connectivity index (χ1n) is 12.3. The summed E-state index contributed by atoms with van der Waals surface area (Å²) < 4.78 is 14.5. The molecule has 0 atom stereocenters. The lowest BCUT2D eigenvalue weighted by Gasteiger charge is -2.16. The van der Waals surface area contributed by atoms with Crippen LogP contribution < -0.4 is 15.0 Å². The van der Waals surface area contributed by atoms with Crippen molar-refractivity contribution in [2.45, 2.75) is 26.4 Å². The van der Waals surface area contributed by atoms with Crippen LogP contribution in [0.5, 0.6) is 11.5 Å². The van der Waals surface area contributed by atoms with Crippen molar-refractivity contribution in [2.75, 3.05) is 7.11 Å². The van der Waals surface area contributed by atoms with Crippen molar-refractivity contribution in [3.05, 3.63) is 108 Å². The van der Waals surface area contributed by atoms with Gasteiger partial charge in [0, 0.05) is 20.9 Å². The van der Waals surface area contributed by atoms with Gasteiger partial charge >= 0.3 is 0 Å². The van der Waals surface area contributed by atoms with Gasteiger partial charge in [0.25, 0.3) is 5.56 Å². The molecule has 0 radical (unpaired) electrons. The van der Waals surface area contributed by atoms with Crippen LogP contribution in [0.3, 0.4) is 0 Å². The molecule has 1 aromatic heterocycles. The van der Waals surface area contributed by atoms with E-state index in [1.54, 1.807) is 25.5 Å². The molecule has 0 saturated heterocycles. The number of halogens is 3. The Hall–Kier alpha value is -3.20. The lowest BCUT2D eigenvalue weighted by atomic mass is 10.1. The maximum atomic E-state index is 13.3. The molecule has 0 aliphatic heterocycles. The van der Waals surface area contributed by atoms with Gasteiger partial charge in [-0.15, -0.1) is 0 Å². The third-order valence-corrected chi connectivity index (χ3v) is 8.23. The Labute approximate surface area is 247 Å². The number of hydrogen-bond acceptors (Lipinski definition) is 5. The smallest absolute Gasteiger partial charge is 0.282 e. The maximum absolute atomic E-state index is 13.3. The van der Waals surface area contributed by atoms with Gasteiger partial charge in [-0.05, 0) is 63.0 Å². The summed E-state index contributed by atoms with van der Waals surface area (Å²) in [6.45, 7) is 2.34. The van der Waals surface area contributed by atoms with E-state index in [1.165, 1.54) is 4.68 Å². The highest BCUT2D eigenvalue weighted by molar-refractivity contribution is 9.10. The first-order chi connectivity index (χ1) is 18.9. The number of methoxy groups -OCH3 is 1. The van der Waals surface area contributed by atoms with E-state index in [2.05, 4.69) is 60.1 Å². The maximum Gasteiger partial charge on any atom is 0.282 e. The highest BCUT2D eigenvalue weighted by Gasteiger charge is 2.18. The minimum atomic E-state index is -0.245. The molecule has 0 N–H and O–H groups in total. The Morgan fingerprint density at radius 2 is 1.85 bits per heavy atom. The van der Waals surface area contributed by atoms with Crippen molar-refractivity contribution in [3.63, 3.8) is 0 Å². The Morgan fingerprint density at radius 3 is 2.64 bits per heavy atom. The number of nitrogens with zero attached hydrogens (tertiary/aromatic N) is 3. The van der Waals surface area contributed by atoms with Gasteiger partial charge in [-0.25, -0.2) is 4.98 Å². The van der Waals surface area contributed by atoms with Crippen LogP contribution in [0.15, 0.2) is 85.6 Å². The summed E-state index contributed by atoms with van der Waals surface area (Å²) in [5, 5.41) is 7.60. The van der Waals surface area contributed by atoms with Crippen LogP contribution in [-0.4, -0.2) is 23.0 Å². The van der Waals surface area contributed by atoms with Gasteiger partial charge < -0.3 is 9.47 Å². The molecular weight excluding hydrogens is 646 g/mol. The summed E-state index contributed by atoms with van der Waals surface area (Å²) in [6.07, 6.45) is 2.99. The zero-order chi connectivity index (χ0) is 27.5. The van der Waals surface area contributed by atoms with Gasteiger partial charge in [0.1, 0.15) is 17.5 Å². The molecule has 4 aromatic carbocycles. The normalized spacial score (nSPS) is 11.5. The number of aromatic nitrogens is 2. The lowest BCUT2D eigenvalue weighted by Crippen LogP contribution is -2.22. The molecule has 0 bridgehead atoms. The van der Waals surface area contributed by atoms with Gasteiger partial charge in [-0.1, -0.05) is 76.9 Å². The van der Waals surface area contributed by atoms with Crippen LogP contribution in [0.2, 0.25) is 5.02 Å². The first-order valence-corrected chi connectivity index (χ1v) is 14.3. The van der Waals surface area contributed by atoms with Crippen LogP contribution in [0.1, 0.15) is 30.3 Å². The van der Waals surface area contributed by atoms with Crippen LogP contribution in [0.25, 0.3) is 21.7 Å². The monoisotopic (exact) mass is 667 g/mol. The molecule has 39 heavy (non-hydrogen) atoms. The summed E-state index contributed by atoms with van der Waals surface area (Å²) in [6, 6.07) is 21.5. The van der Waals surface area contributed by atoms with Crippen LogP contribution in [0.4, 0.5) is 0 Å². The second-order valence-corrected chi connectivity index (χ2v) is 10.9. The Bertz CT molecular complexity index is 1780. The largest absolute Gasteiger partial charge is 0.493 e. The van der Waals surface area contributed by atoms with Gasteiger partial charge in [0.2, 0.25) is 0 Å². The topological polar surface area (TPSA) is 65.7 Å². The molecule has 0 saturated carbocycles. The zero-order valence-corrected chi connectivity index (χ0v) is 25.2. The fourth-order valence-electron chi connectivity index (χ4n) is 4.37. The highest BCUT2D eigenvalue weighted by Crippen LogP contribution is 2.42. The number of rotatable bonds is 8. The third kappa shape index (κ3) is 5.60. The molecular formula is C30H24Br2ClN3O3. The first kappa shape index (κ1) is 27.4. The van der Waals surface area contributed by atoms with E-state index in [4.69, 9.17) is 21.1 Å². The molecule has 9 heteroatoms. The highest BCUT2D eigenvalue weighted by atomic mass is 79.9. The predicted molar refractivity (Wildman–Crippen MR) is 165 cm³/mol. The van der Waals surface area contributed by atoms with E-state index < -0.39 is 0 Å². The van der Waals surface area contributed by atoms with Crippen molar-refractivity contribution in [1.82, 2.24) is 9.66 Å². The predicted octanol–water partition coefficient (Wildman–Crippen LogP) is 8.15. The molecule has 0 aliphatic carbocycles. The fraction of sp³-hybridized carbons (Fsp3) is 0.167. The molecule has 0 spiro atoms. The molecule has 0 aliphatic rings. The number of fused-ring (bicyclic) bond motifs is 2. The SMILES string of the molecule is CCCc1nc2ccc(Br)cc2c(=O)n1N=Cc1cc(OC)c(OCc2cccc3ccccc23)c(Cl)c1Br. The Balaban J connectivity index is 1.51. The van der Waals surface area contributed by atoms with E-state index in [0.717, 1.165) is 27.2 Å². The minimum Gasteiger partial charge on any atom is -0.493 e. The van der Waals surface area contributed by atoms with E-state index in [-0.39, 0.29) is 5.56 Å². The average Bonchev–Trinajstić information content (AvgIpc) is 2.95. The zero-order valence-electron chi connectivity index (χ0n) is 21.2. The van der Waals surface area contributed by atoms with Gasteiger partial charge in [-0.3, -0.25) is 4.79 Å². The summed E-state index contributed by atoms with van der Waals surface area (Å²) in [5.74, 6) is 1.45. The summed E-state index contributed by atoms with van der Waals surface area (Å²) in [7, 11) is 1.56. The van der Waals surface area contributed by atoms with E-state index in [1.807, 2.05) is 43.3 Å². The van der Waals surface area contributed by atoms with E-state index in [9.17, 15) is 4.79 Å². The van der Waals surface area contributed by atoms with Crippen molar-refractivity contribution < 1.29 is 9.47 Å². The second-order valence-electron chi connectivity index (χ2n) is 8.85. The molecule has 6 nitrogen and oxygen atoms in total. The molecule has 0 unspecified atom stereocenters. The molecule has 0 amide bonds. The van der Waals surface area contributed by atoms with Crippen molar-refractivity contribution in [1.29, 1.82) is 0 Å². The van der Waals surface area contributed by atoms with Crippen LogP contribution >= 0.6 is 43.5 Å². The van der Waals surface area contributed by atoms with Crippen molar-refractivity contribution >= 4 is 71.4 Å². The Kier molecular flexibility index (Phi) is 8.35. The number of hydrogen-bond donors (Lipinski definition) is 0. The summed E-state index contributed by atoms with van der Waals surface area (Å²) >= 11 is 13.8. The third-order valence-electron chi connectivity index (χ3n) is 6.29. The average molecular weight is 670 g/mol. The number of aryl methyl sites for hydroxylation is 1. The molecule has 0 fully saturated rings. The molecule has 5 rings (SSSR count). The lowest BCUT2D eigenvalue weighted by molar-refractivity contribution is 0.285. The van der Waals surface area contributed by atoms with Gasteiger partial charge in [0.15, 0.2) is 11.5 Å². The van der Waals surface area contributed by atoms with Gasteiger partial charge in [-0.2, -0.15) is 9.78 Å². The molecule has 198 valence electrons. The molecule has 1 heterocycles. The van der Waals surface area contributed by atoms with E-state index in [0.29, 0.717) is 56.3 Å². The second kappa shape index (κ2) is 11.9. The van der Waals surface area contributed by atoms with Crippen LogP contribution in [-0.2, 0) is 13.0 Å². The van der Waals surface area contributed by atoms with E-state index >= 15 is 0 Å². The Morgan fingerprint density at radius 1 is 1.05 bits per heavy atom. The minimum absolute atomic E-state index is 0.245. The summed E-state index contributed by atoms with van der Waals surface area (Å²) in [5.41, 5.74) is 2.05. The van der Waals surface area contributed by atoms with Crippen molar-refractivity contribution in [3.8, 4) is 11.5 Å². The molecule has 5 aromatic rings. The quantitative estimate of drug-likeness (QED) is 0.157. The van der Waals surface area contributed by atoms with Gasteiger partial charge in [0.05, 0.1) is 24.2 Å². The number of ether oxygens (including phenoxy) is 2. The number of benzene rings is 4. The fourth-order valence-corrected chi connectivity index (χ4v) is 5.39. The van der Waals surface area contributed by atoms with Crippen LogP contribution in [0, 0.1) is 0 Å². The van der Waals surface area contributed by atoms with Crippen molar-refractivity contribution in [2.24, 2.45) is 5.10 Å². The standard InChI is InChI=1S/C30H24Br2ClN3O3/c1-3-7-26-35-24-13-12-21(31)15-23(24)30(37)36(26)34-16-20-14-25(38-2)29(28(33)27(20)32)39-17-19-10-6-9-18-8-4-5-11-22(18)19/h4-6,8-16H,3,7,17H2,1-2H3. The summed E-state index contributed by atoms with van der Waals surface area (Å²) in [4.78, 5) is 18.0.